The van der Waals surface area contributed by atoms with E-state index in [4.69, 9.17) is 11.6 Å². The third-order valence-electron chi connectivity index (χ3n) is 3.74. The van der Waals surface area contributed by atoms with Crippen LogP contribution in [0.25, 0.3) is 11.7 Å². The van der Waals surface area contributed by atoms with Gasteiger partial charge in [0.2, 0.25) is 5.91 Å². The zero-order valence-electron chi connectivity index (χ0n) is 12.9. The van der Waals surface area contributed by atoms with Crippen molar-refractivity contribution in [1.82, 2.24) is 19.9 Å². The predicted octanol–water partition coefficient (Wildman–Crippen LogP) is 2.56. The first-order valence-corrected chi connectivity index (χ1v) is 7.88. The van der Waals surface area contributed by atoms with E-state index >= 15 is 0 Å². The van der Waals surface area contributed by atoms with Gasteiger partial charge in [0.1, 0.15) is 5.82 Å². The van der Waals surface area contributed by atoms with Crippen LogP contribution >= 0.6 is 11.6 Å². The van der Waals surface area contributed by atoms with Crippen LogP contribution in [0, 0.1) is 0 Å². The molecule has 1 saturated heterocycles. The number of nitrogens with zero attached hydrogens (tertiary/aromatic N) is 3. The zero-order valence-corrected chi connectivity index (χ0v) is 13.6. The molecule has 0 spiro atoms. The van der Waals surface area contributed by atoms with Crippen molar-refractivity contribution in [3.63, 3.8) is 0 Å². The highest BCUT2D eigenvalue weighted by Gasteiger charge is 2.24. The van der Waals surface area contributed by atoms with Crippen LogP contribution in [0.15, 0.2) is 48.3 Å². The number of carbonyl (C=O) groups is 2. The molecule has 7 nitrogen and oxygen atoms in total. The van der Waals surface area contributed by atoms with E-state index in [1.54, 1.807) is 41.2 Å². The van der Waals surface area contributed by atoms with Crippen molar-refractivity contribution in [2.75, 3.05) is 5.32 Å². The van der Waals surface area contributed by atoms with E-state index in [9.17, 15) is 9.59 Å². The molecule has 1 aliphatic rings. The minimum absolute atomic E-state index is 0.0683. The average Bonchev–Trinajstić information content (AvgIpc) is 3.13. The van der Waals surface area contributed by atoms with Crippen LogP contribution in [0.5, 0.6) is 0 Å². The fourth-order valence-electron chi connectivity index (χ4n) is 2.55. The molecule has 0 radical (unpaired) electrons. The van der Waals surface area contributed by atoms with Crippen LogP contribution in [-0.2, 0) is 9.59 Å². The number of carbonyl (C=O) groups excluding carboxylic acids is 2. The summed E-state index contributed by atoms with van der Waals surface area (Å²) < 4.78 is 1.61. The minimum atomic E-state index is -0.375. The number of imide groups is 1. The van der Waals surface area contributed by atoms with E-state index in [1.807, 2.05) is 12.1 Å². The molecule has 2 aromatic heterocycles. The Morgan fingerprint density at radius 2 is 2.00 bits per heavy atom. The van der Waals surface area contributed by atoms with Gasteiger partial charge in [0, 0.05) is 28.0 Å². The first-order valence-electron chi connectivity index (χ1n) is 7.50. The molecule has 0 aliphatic carbocycles. The Kier molecular flexibility index (Phi) is 3.70. The van der Waals surface area contributed by atoms with Crippen LogP contribution in [0.1, 0.15) is 12.0 Å². The number of halogens is 1. The standard InChI is InChI=1S/C17H12ClN5O2/c18-12-1-3-13(4-2-12)20-14-5-6-23-16(21-14)11(9-19-23)7-10-8-15(24)22-17(10)25/h1-7,9H,8H2,(H,20,21)(H,22,24,25)/b10-7+. The molecular weight excluding hydrogens is 342 g/mol. The maximum Gasteiger partial charge on any atom is 0.254 e. The number of hydrogen-bond acceptors (Lipinski definition) is 5. The summed E-state index contributed by atoms with van der Waals surface area (Å²) in [5.41, 5.74) is 2.50. The molecule has 8 heteroatoms. The number of aromatic nitrogens is 3. The SMILES string of the molecule is O=C1C/C(=C\c2cnn3ccc(Nc4ccc(Cl)cc4)nc23)C(=O)N1. The van der Waals surface area contributed by atoms with Crippen molar-refractivity contribution < 1.29 is 9.59 Å². The predicted molar refractivity (Wildman–Crippen MR) is 93.5 cm³/mol. The highest BCUT2D eigenvalue weighted by molar-refractivity contribution is 6.30. The van der Waals surface area contributed by atoms with Crippen molar-refractivity contribution in [3.8, 4) is 0 Å². The molecule has 124 valence electrons. The van der Waals surface area contributed by atoms with Gasteiger partial charge >= 0.3 is 0 Å². The highest BCUT2D eigenvalue weighted by Crippen LogP contribution is 2.21. The number of hydrogen-bond donors (Lipinski definition) is 2. The molecule has 1 aromatic carbocycles. The molecule has 3 heterocycles. The molecular formula is C17H12ClN5O2. The van der Waals surface area contributed by atoms with E-state index in [2.05, 4.69) is 20.7 Å². The number of amides is 2. The first kappa shape index (κ1) is 15.3. The molecule has 0 saturated carbocycles. The molecule has 4 rings (SSSR count). The van der Waals surface area contributed by atoms with Crippen molar-refractivity contribution in [2.24, 2.45) is 0 Å². The topological polar surface area (TPSA) is 88.4 Å². The summed E-state index contributed by atoms with van der Waals surface area (Å²) in [7, 11) is 0. The van der Waals surface area contributed by atoms with Crippen molar-refractivity contribution in [1.29, 1.82) is 0 Å². The number of nitrogens with one attached hydrogen (secondary N) is 2. The Labute approximate surface area is 147 Å². The van der Waals surface area contributed by atoms with Crippen molar-refractivity contribution in [3.05, 3.63) is 58.9 Å². The summed E-state index contributed by atoms with van der Waals surface area (Å²) in [4.78, 5) is 27.6. The third kappa shape index (κ3) is 3.09. The fourth-order valence-corrected chi connectivity index (χ4v) is 2.67. The van der Waals surface area contributed by atoms with Gasteiger partial charge in [0.05, 0.1) is 12.6 Å². The van der Waals surface area contributed by atoms with Gasteiger partial charge in [-0.05, 0) is 36.4 Å². The normalized spacial score (nSPS) is 15.8. The lowest BCUT2D eigenvalue weighted by Gasteiger charge is -2.06. The van der Waals surface area contributed by atoms with Crippen molar-refractivity contribution >= 4 is 46.6 Å². The van der Waals surface area contributed by atoms with Crippen LogP contribution in [0.3, 0.4) is 0 Å². The second-order valence-electron chi connectivity index (χ2n) is 5.54. The van der Waals surface area contributed by atoms with Crippen LogP contribution in [-0.4, -0.2) is 26.4 Å². The summed E-state index contributed by atoms with van der Waals surface area (Å²) in [6.07, 6.45) is 5.08. The van der Waals surface area contributed by atoms with Gasteiger partial charge in [-0.1, -0.05) is 11.6 Å². The molecule has 2 N–H and O–H groups in total. The average molecular weight is 354 g/mol. The Hall–Kier alpha value is -3.19. The van der Waals surface area contributed by atoms with E-state index < -0.39 is 0 Å². The Bertz CT molecular complexity index is 1020. The lowest BCUT2D eigenvalue weighted by Crippen LogP contribution is -2.19. The molecule has 0 bridgehead atoms. The van der Waals surface area contributed by atoms with Gasteiger partial charge in [-0.15, -0.1) is 0 Å². The molecule has 25 heavy (non-hydrogen) atoms. The maximum atomic E-state index is 11.7. The monoisotopic (exact) mass is 353 g/mol. The molecule has 1 fully saturated rings. The first-order chi connectivity index (χ1) is 12.1. The Balaban J connectivity index is 1.68. The summed E-state index contributed by atoms with van der Waals surface area (Å²) >= 11 is 5.88. The van der Waals surface area contributed by atoms with Crippen LogP contribution in [0.4, 0.5) is 11.5 Å². The zero-order chi connectivity index (χ0) is 17.4. The van der Waals surface area contributed by atoms with E-state index in [0.29, 0.717) is 27.6 Å². The summed E-state index contributed by atoms with van der Waals surface area (Å²) in [6.45, 7) is 0. The molecule has 0 unspecified atom stereocenters. The van der Waals surface area contributed by atoms with Gasteiger partial charge in [-0.3, -0.25) is 14.9 Å². The van der Waals surface area contributed by atoms with E-state index in [0.717, 1.165) is 5.69 Å². The van der Waals surface area contributed by atoms with Gasteiger partial charge in [0.15, 0.2) is 5.65 Å². The fraction of sp³-hybridized carbons (Fsp3) is 0.0588. The number of fused-ring (bicyclic) bond motifs is 1. The second-order valence-corrected chi connectivity index (χ2v) is 5.97. The molecule has 2 amide bonds. The van der Waals surface area contributed by atoms with Crippen LogP contribution < -0.4 is 10.6 Å². The highest BCUT2D eigenvalue weighted by atomic mass is 35.5. The molecule has 1 aliphatic heterocycles. The quantitative estimate of drug-likeness (QED) is 0.558. The lowest BCUT2D eigenvalue weighted by molar-refractivity contribution is -0.124. The second kappa shape index (κ2) is 6.03. The molecule has 0 atom stereocenters. The smallest absolute Gasteiger partial charge is 0.254 e. The van der Waals surface area contributed by atoms with E-state index in [1.165, 1.54) is 0 Å². The van der Waals surface area contributed by atoms with Crippen LogP contribution in [0.2, 0.25) is 5.02 Å². The molecule has 3 aromatic rings. The number of rotatable bonds is 3. The third-order valence-corrected chi connectivity index (χ3v) is 3.99. The van der Waals surface area contributed by atoms with Gasteiger partial charge in [0.25, 0.3) is 5.91 Å². The maximum absolute atomic E-state index is 11.7. The largest absolute Gasteiger partial charge is 0.340 e. The Morgan fingerprint density at radius 3 is 2.72 bits per heavy atom. The van der Waals surface area contributed by atoms with Gasteiger partial charge in [-0.25, -0.2) is 9.50 Å². The van der Waals surface area contributed by atoms with E-state index in [-0.39, 0.29) is 18.2 Å². The summed E-state index contributed by atoms with van der Waals surface area (Å²) in [5, 5.41) is 10.3. The summed E-state index contributed by atoms with van der Waals surface area (Å²) in [6, 6.07) is 9.06. The minimum Gasteiger partial charge on any atom is -0.340 e. The lowest BCUT2D eigenvalue weighted by atomic mass is 10.1. The number of anilines is 2. The van der Waals surface area contributed by atoms with Gasteiger partial charge in [-0.2, -0.15) is 5.10 Å². The summed E-state index contributed by atoms with van der Waals surface area (Å²) in [5.74, 6) is -0.0486. The van der Waals surface area contributed by atoms with Crippen molar-refractivity contribution in [2.45, 2.75) is 6.42 Å². The number of benzene rings is 1. The van der Waals surface area contributed by atoms with Gasteiger partial charge < -0.3 is 5.32 Å². The Morgan fingerprint density at radius 1 is 1.20 bits per heavy atom.